The van der Waals surface area contributed by atoms with Crippen molar-refractivity contribution in [2.24, 2.45) is 5.73 Å². The summed E-state index contributed by atoms with van der Waals surface area (Å²) in [6.07, 6.45) is -1.77. The second-order valence-corrected chi connectivity index (χ2v) is 5.01. The Morgan fingerprint density at radius 3 is 2.58 bits per heavy atom. The molecule has 0 amide bonds. The van der Waals surface area contributed by atoms with Crippen molar-refractivity contribution in [3.05, 3.63) is 29.8 Å². The highest BCUT2D eigenvalue weighted by Gasteiger charge is 2.42. The number of thioether (sulfide) groups is 1. The molecule has 7 nitrogen and oxygen atoms in total. The van der Waals surface area contributed by atoms with Gasteiger partial charge in [0.05, 0.1) is 0 Å². The lowest BCUT2D eigenvalue weighted by Gasteiger charge is -2.27. The molecule has 0 aromatic heterocycles. The molecule has 19 heavy (non-hydrogen) atoms. The van der Waals surface area contributed by atoms with E-state index in [-0.39, 0.29) is 10.6 Å². The third-order valence-corrected chi connectivity index (χ3v) is 3.37. The molecule has 0 unspecified atom stereocenters. The number of nitrogens with two attached hydrogens (primary N) is 1. The van der Waals surface area contributed by atoms with Crippen molar-refractivity contribution in [2.45, 2.75) is 12.0 Å². The fourth-order valence-corrected chi connectivity index (χ4v) is 2.15. The van der Waals surface area contributed by atoms with Gasteiger partial charge in [0.1, 0.15) is 0 Å². The van der Waals surface area contributed by atoms with Crippen LogP contribution in [-0.4, -0.2) is 34.3 Å². The fraction of sp³-hybridized carbons (Fsp3) is 0.200. The SMILES string of the molecule is N=C(N)SCc1ccc([B@-]2(O)OC(=O)[C@@H](O)O2)cc1. The fourth-order valence-electron chi connectivity index (χ4n) is 1.64. The molecule has 1 aliphatic rings. The number of hydrogen-bond acceptors (Lipinski definition) is 7. The molecule has 0 saturated carbocycles. The lowest BCUT2D eigenvalue weighted by atomic mass is 9.70. The number of carbonyl (C=O) groups is 1. The average molecular weight is 283 g/mol. The number of benzene rings is 1. The van der Waals surface area contributed by atoms with Gasteiger partial charge in [0.15, 0.2) is 5.17 Å². The van der Waals surface area contributed by atoms with E-state index in [0.717, 1.165) is 5.56 Å². The van der Waals surface area contributed by atoms with Gasteiger partial charge in [-0.15, -0.1) is 5.46 Å². The molecule has 2 atom stereocenters. The van der Waals surface area contributed by atoms with Gasteiger partial charge in [-0.25, -0.2) is 0 Å². The maximum absolute atomic E-state index is 11.0. The molecule has 102 valence electrons. The first-order chi connectivity index (χ1) is 8.90. The third kappa shape index (κ3) is 3.07. The molecule has 5 N–H and O–H groups in total. The maximum atomic E-state index is 11.0. The highest BCUT2D eigenvalue weighted by molar-refractivity contribution is 8.13. The van der Waals surface area contributed by atoms with Gasteiger partial charge in [0.25, 0.3) is 0 Å². The van der Waals surface area contributed by atoms with Gasteiger partial charge in [-0.1, -0.05) is 36.0 Å². The van der Waals surface area contributed by atoms with Crippen LogP contribution < -0.4 is 11.2 Å². The molecule has 1 aliphatic heterocycles. The van der Waals surface area contributed by atoms with Gasteiger partial charge in [-0.05, 0) is 5.56 Å². The van der Waals surface area contributed by atoms with Crippen LogP contribution in [0.1, 0.15) is 5.56 Å². The van der Waals surface area contributed by atoms with Crippen LogP contribution in [0.5, 0.6) is 0 Å². The topological polar surface area (TPSA) is 126 Å². The molecule has 0 spiro atoms. The monoisotopic (exact) mass is 283 g/mol. The standard InChI is InChI=1S/C10H12BN2O5S/c12-10(13)19-5-6-1-3-7(4-2-6)11(16)17-8(14)9(15)18-11/h1-4,8,14,16H,5H2,(H3,12,13)/q-1/t8-,11+/m0/s1. The first kappa shape index (κ1) is 13.9. The Morgan fingerprint density at radius 2 is 2.11 bits per heavy atom. The molecule has 1 fully saturated rings. The van der Waals surface area contributed by atoms with Crippen LogP contribution in [-0.2, 0) is 19.9 Å². The lowest BCUT2D eigenvalue weighted by molar-refractivity contribution is -0.148. The number of aliphatic hydroxyl groups is 1. The Kier molecular flexibility index (Phi) is 3.81. The van der Waals surface area contributed by atoms with E-state index in [1.54, 1.807) is 12.1 Å². The van der Waals surface area contributed by atoms with Crippen molar-refractivity contribution in [1.29, 1.82) is 5.41 Å². The summed E-state index contributed by atoms with van der Waals surface area (Å²) in [6, 6.07) is 6.43. The van der Waals surface area contributed by atoms with E-state index in [2.05, 4.69) is 4.65 Å². The zero-order chi connectivity index (χ0) is 14.0. The summed E-state index contributed by atoms with van der Waals surface area (Å²) in [4.78, 5) is 11.0. The molecule has 1 aromatic carbocycles. The van der Waals surface area contributed by atoms with E-state index in [1.807, 2.05) is 0 Å². The maximum Gasteiger partial charge on any atom is 0.467 e. The largest absolute Gasteiger partial charge is 0.636 e. The summed E-state index contributed by atoms with van der Waals surface area (Å²) >= 11 is 1.17. The molecule has 0 bridgehead atoms. The van der Waals surface area contributed by atoms with E-state index in [1.165, 1.54) is 23.9 Å². The van der Waals surface area contributed by atoms with Crippen LogP contribution in [0.15, 0.2) is 24.3 Å². The highest BCUT2D eigenvalue weighted by atomic mass is 32.2. The summed E-state index contributed by atoms with van der Waals surface area (Å²) in [5.74, 6) is -0.497. The first-order valence-corrected chi connectivity index (χ1v) is 6.40. The van der Waals surface area contributed by atoms with Crippen molar-refractivity contribution < 1.29 is 24.2 Å². The van der Waals surface area contributed by atoms with Gasteiger partial charge >= 0.3 is 12.7 Å². The molecule has 2 rings (SSSR count). The van der Waals surface area contributed by atoms with Crippen molar-refractivity contribution in [3.8, 4) is 0 Å². The number of amidine groups is 1. The van der Waals surface area contributed by atoms with Crippen molar-refractivity contribution >= 4 is 35.1 Å². The second kappa shape index (κ2) is 5.21. The van der Waals surface area contributed by atoms with Gasteiger partial charge in [-0.2, -0.15) is 0 Å². The van der Waals surface area contributed by atoms with Crippen LogP contribution in [0.2, 0.25) is 0 Å². The van der Waals surface area contributed by atoms with E-state index < -0.39 is 19.0 Å². The Morgan fingerprint density at radius 1 is 1.47 bits per heavy atom. The number of nitrogens with one attached hydrogen (secondary N) is 1. The zero-order valence-corrected chi connectivity index (χ0v) is 10.6. The normalized spacial score (nSPS) is 26.2. The minimum Gasteiger partial charge on any atom is -0.636 e. The van der Waals surface area contributed by atoms with Crippen LogP contribution in [0.3, 0.4) is 0 Å². The molecular formula is C10H12BN2O5S-. The predicted octanol–water partition coefficient (Wildman–Crippen LogP) is -1.16. The van der Waals surface area contributed by atoms with Crippen molar-refractivity contribution in [1.82, 2.24) is 0 Å². The smallest absolute Gasteiger partial charge is 0.467 e. The molecule has 9 heteroatoms. The summed E-state index contributed by atoms with van der Waals surface area (Å²) in [7, 11) is 0. The minimum atomic E-state index is -2.97. The van der Waals surface area contributed by atoms with Gasteiger partial charge in [0, 0.05) is 5.75 Å². The average Bonchev–Trinajstić information content (AvgIpc) is 2.62. The van der Waals surface area contributed by atoms with Crippen molar-refractivity contribution in [3.63, 3.8) is 0 Å². The number of carbonyl (C=O) groups excluding carboxylic acids is 1. The summed E-state index contributed by atoms with van der Waals surface area (Å²) in [5, 5.41) is 26.2. The molecule has 0 radical (unpaired) electrons. The minimum absolute atomic E-state index is 0.0168. The van der Waals surface area contributed by atoms with Crippen LogP contribution in [0, 0.1) is 5.41 Å². The van der Waals surface area contributed by atoms with Crippen LogP contribution in [0.25, 0.3) is 0 Å². The van der Waals surface area contributed by atoms with E-state index >= 15 is 0 Å². The van der Waals surface area contributed by atoms with Gasteiger partial charge < -0.3 is 25.2 Å². The number of hydrogen-bond donors (Lipinski definition) is 4. The van der Waals surface area contributed by atoms with Crippen molar-refractivity contribution in [2.75, 3.05) is 0 Å². The molecule has 0 aliphatic carbocycles. The van der Waals surface area contributed by atoms with Gasteiger partial charge in [0.2, 0.25) is 6.29 Å². The highest BCUT2D eigenvalue weighted by Crippen LogP contribution is 2.17. The molecule has 1 saturated heterocycles. The Labute approximate surface area is 113 Å². The van der Waals surface area contributed by atoms with Crippen LogP contribution in [0.4, 0.5) is 0 Å². The quantitative estimate of drug-likeness (QED) is 0.313. The predicted molar refractivity (Wildman–Crippen MR) is 70.4 cm³/mol. The number of aliphatic hydroxyl groups excluding tert-OH is 1. The first-order valence-electron chi connectivity index (χ1n) is 5.42. The molecular weight excluding hydrogens is 271 g/mol. The van der Waals surface area contributed by atoms with E-state index in [9.17, 15) is 9.82 Å². The van der Waals surface area contributed by atoms with E-state index in [4.69, 9.17) is 20.9 Å². The summed E-state index contributed by atoms with van der Waals surface area (Å²) in [5.41, 5.74) is 6.36. The van der Waals surface area contributed by atoms with Gasteiger partial charge in [-0.3, -0.25) is 10.2 Å². The molecule has 1 aromatic rings. The Balaban J connectivity index is 2.10. The van der Waals surface area contributed by atoms with Crippen LogP contribution >= 0.6 is 11.8 Å². The summed E-state index contributed by atoms with van der Waals surface area (Å²) in [6.45, 7) is -2.97. The second-order valence-electron chi connectivity index (χ2n) is 3.99. The zero-order valence-electron chi connectivity index (χ0n) is 9.78. The molecule has 1 heterocycles. The third-order valence-electron chi connectivity index (χ3n) is 2.59. The summed E-state index contributed by atoms with van der Waals surface area (Å²) < 4.78 is 9.36. The Bertz CT molecular complexity index is 511. The number of rotatable bonds is 3. The lowest BCUT2D eigenvalue weighted by Crippen LogP contribution is -2.50. The Hall–Kier alpha value is -1.55. The van der Waals surface area contributed by atoms with E-state index in [0.29, 0.717) is 5.75 Å².